The van der Waals surface area contributed by atoms with Gasteiger partial charge in [0.05, 0.1) is 7.11 Å². The van der Waals surface area contributed by atoms with Crippen molar-refractivity contribution < 1.29 is 4.74 Å². The van der Waals surface area contributed by atoms with E-state index in [0.29, 0.717) is 0 Å². The standard InChI is InChI=1S/C26H24N2OS/c1-29-24-15-14-21(13-12-20-8-3-2-4-9-20)18-22(24)19-30-25-11-6-5-10-23(25)26-27-16-7-17-28-26/h2-6,8-11,14-15,18H,7,16-17,19H2,1H3,(H,27,28). The third-order valence-corrected chi connectivity index (χ3v) is 5.95. The smallest absolute Gasteiger partial charge is 0.129 e. The molecule has 1 aliphatic rings. The maximum Gasteiger partial charge on any atom is 0.129 e. The SMILES string of the molecule is COc1ccc(C#Cc2ccccc2)cc1CSc1ccccc1C1=NCCCN1. The van der Waals surface area contributed by atoms with Crippen molar-refractivity contribution in [3.8, 4) is 17.6 Å². The fraction of sp³-hybridized carbons (Fsp3) is 0.192. The minimum atomic E-state index is 0.800. The molecule has 0 unspecified atom stereocenters. The average Bonchev–Trinajstić information content (AvgIpc) is 2.83. The van der Waals surface area contributed by atoms with Crippen LogP contribution in [0, 0.1) is 11.8 Å². The largest absolute Gasteiger partial charge is 0.496 e. The first kappa shape index (κ1) is 20.1. The van der Waals surface area contributed by atoms with Crippen molar-refractivity contribution in [2.24, 2.45) is 4.99 Å². The molecule has 0 atom stereocenters. The molecule has 3 aromatic rings. The number of ether oxygens (including phenoxy) is 1. The van der Waals surface area contributed by atoms with E-state index in [1.54, 1.807) is 18.9 Å². The number of nitrogens with one attached hydrogen (secondary N) is 1. The molecule has 0 bridgehead atoms. The molecule has 0 saturated carbocycles. The second-order valence-corrected chi connectivity index (χ2v) is 7.96. The van der Waals surface area contributed by atoms with Crippen LogP contribution >= 0.6 is 11.8 Å². The summed E-state index contributed by atoms with van der Waals surface area (Å²) in [7, 11) is 1.72. The fourth-order valence-corrected chi connectivity index (χ4v) is 4.32. The van der Waals surface area contributed by atoms with Crippen LogP contribution in [0.4, 0.5) is 0 Å². The highest BCUT2D eigenvalue weighted by Gasteiger charge is 2.13. The molecular formula is C26H24N2OS. The van der Waals surface area contributed by atoms with Gasteiger partial charge in [0.2, 0.25) is 0 Å². The van der Waals surface area contributed by atoms with Crippen molar-refractivity contribution in [3.63, 3.8) is 0 Å². The quantitative estimate of drug-likeness (QED) is 0.466. The zero-order valence-corrected chi connectivity index (χ0v) is 17.8. The highest BCUT2D eigenvalue weighted by molar-refractivity contribution is 7.98. The Bertz CT molecular complexity index is 1100. The first-order valence-electron chi connectivity index (χ1n) is 10.1. The van der Waals surface area contributed by atoms with Gasteiger partial charge in [-0.3, -0.25) is 4.99 Å². The maximum absolute atomic E-state index is 5.60. The summed E-state index contributed by atoms with van der Waals surface area (Å²) >= 11 is 1.80. The highest BCUT2D eigenvalue weighted by atomic mass is 32.2. The Morgan fingerprint density at radius 2 is 1.77 bits per heavy atom. The number of hydrogen-bond acceptors (Lipinski definition) is 4. The normalized spacial score (nSPS) is 12.9. The molecule has 3 nitrogen and oxygen atoms in total. The molecule has 0 saturated heterocycles. The average molecular weight is 413 g/mol. The molecule has 1 heterocycles. The van der Waals surface area contributed by atoms with Crippen LogP contribution in [0.3, 0.4) is 0 Å². The number of thioether (sulfide) groups is 1. The molecule has 0 amide bonds. The van der Waals surface area contributed by atoms with Crippen LogP contribution in [-0.4, -0.2) is 26.0 Å². The lowest BCUT2D eigenvalue weighted by Gasteiger charge is -2.17. The van der Waals surface area contributed by atoms with Crippen molar-refractivity contribution in [3.05, 3.63) is 95.1 Å². The molecule has 1 N–H and O–H groups in total. The van der Waals surface area contributed by atoms with Crippen LogP contribution in [0.1, 0.15) is 28.7 Å². The lowest BCUT2D eigenvalue weighted by molar-refractivity contribution is 0.411. The Labute approximate surface area is 182 Å². The van der Waals surface area contributed by atoms with Gasteiger partial charge in [-0.15, -0.1) is 11.8 Å². The minimum Gasteiger partial charge on any atom is -0.496 e. The second-order valence-electron chi connectivity index (χ2n) is 6.94. The summed E-state index contributed by atoms with van der Waals surface area (Å²) < 4.78 is 5.60. The van der Waals surface area contributed by atoms with Crippen LogP contribution in [0.5, 0.6) is 5.75 Å². The van der Waals surface area contributed by atoms with Gasteiger partial charge in [-0.2, -0.15) is 0 Å². The van der Waals surface area contributed by atoms with Crippen molar-refractivity contribution in [1.82, 2.24) is 5.32 Å². The van der Waals surface area contributed by atoms with E-state index in [4.69, 9.17) is 4.74 Å². The third-order valence-electron chi connectivity index (χ3n) is 4.83. The summed E-state index contributed by atoms with van der Waals surface area (Å²) in [5, 5.41) is 3.43. The van der Waals surface area contributed by atoms with E-state index in [0.717, 1.165) is 53.5 Å². The van der Waals surface area contributed by atoms with E-state index in [9.17, 15) is 0 Å². The van der Waals surface area contributed by atoms with E-state index in [2.05, 4.69) is 52.5 Å². The molecule has 0 fully saturated rings. The lowest BCUT2D eigenvalue weighted by atomic mass is 10.1. The lowest BCUT2D eigenvalue weighted by Crippen LogP contribution is -2.30. The first-order chi connectivity index (χ1) is 14.8. The fourth-order valence-electron chi connectivity index (χ4n) is 3.29. The summed E-state index contributed by atoms with van der Waals surface area (Å²) in [5.74, 6) is 9.19. The van der Waals surface area contributed by atoms with Gasteiger partial charge in [0.1, 0.15) is 11.6 Å². The molecule has 0 aromatic heterocycles. The Kier molecular flexibility index (Phi) is 6.74. The van der Waals surface area contributed by atoms with Crippen LogP contribution in [-0.2, 0) is 5.75 Å². The predicted octanol–water partition coefficient (Wildman–Crippen LogP) is 5.13. The van der Waals surface area contributed by atoms with Crippen molar-refractivity contribution in [2.75, 3.05) is 20.2 Å². The van der Waals surface area contributed by atoms with E-state index in [1.165, 1.54) is 10.5 Å². The number of hydrogen-bond donors (Lipinski definition) is 1. The molecule has 4 heteroatoms. The van der Waals surface area contributed by atoms with Gasteiger partial charge in [0.15, 0.2) is 0 Å². The summed E-state index contributed by atoms with van der Waals surface area (Å²) in [4.78, 5) is 5.88. The second kappa shape index (κ2) is 10.0. The zero-order chi connectivity index (χ0) is 20.6. The molecule has 1 aliphatic heterocycles. The molecule has 0 aliphatic carbocycles. The van der Waals surface area contributed by atoms with Crippen LogP contribution in [0.15, 0.2) is 82.7 Å². The van der Waals surface area contributed by atoms with E-state index < -0.39 is 0 Å². The van der Waals surface area contributed by atoms with E-state index in [1.807, 2.05) is 42.5 Å². The van der Waals surface area contributed by atoms with Gasteiger partial charge >= 0.3 is 0 Å². The minimum absolute atomic E-state index is 0.800. The molecule has 4 rings (SSSR count). The zero-order valence-electron chi connectivity index (χ0n) is 17.0. The summed E-state index contributed by atoms with van der Waals surface area (Å²) in [6, 6.07) is 24.6. The number of aliphatic imine (C=N–C) groups is 1. The van der Waals surface area contributed by atoms with Crippen LogP contribution in [0.2, 0.25) is 0 Å². The number of amidine groups is 1. The van der Waals surface area contributed by atoms with E-state index in [-0.39, 0.29) is 0 Å². The van der Waals surface area contributed by atoms with Gasteiger partial charge < -0.3 is 10.1 Å². The molecule has 3 aromatic carbocycles. The van der Waals surface area contributed by atoms with Crippen molar-refractivity contribution >= 4 is 17.6 Å². The topological polar surface area (TPSA) is 33.6 Å². The Hall–Kier alpha value is -3.16. The molecule has 150 valence electrons. The molecule has 0 spiro atoms. The number of nitrogens with zero attached hydrogens (tertiary/aromatic N) is 1. The maximum atomic E-state index is 5.60. The Morgan fingerprint density at radius 3 is 2.57 bits per heavy atom. The van der Waals surface area contributed by atoms with Gasteiger partial charge in [-0.25, -0.2) is 0 Å². The molecule has 0 radical (unpaired) electrons. The number of rotatable bonds is 5. The van der Waals surface area contributed by atoms with Gasteiger partial charge in [-0.05, 0) is 42.8 Å². The highest BCUT2D eigenvalue weighted by Crippen LogP contribution is 2.31. The van der Waals surface area contributed by atoms with Gasteiger partial charge in [0, 0.05) is 46.0 Å². The Balaban J connectivity index is 1.55. The first-order valence-corrected chi connectivity index (χ1v) is 11.1. The molecular weight excluding hydrogens is 388 g/mol. The monoisotopic (exact) mass is 412 g/mol. The van der Waals surface area contributed by atoms with Crippen LogP contribution < -0.4 is 10.1 Å². The van der Waals surface area contributed by atoms with Crippen LogP contribution in [0.25, 0.3) is 0 Å². The summed E-state index contributed by atoms with van der Waals surface area (Å²) in [6.07, 6.45) is 1.09. The third kappa shape index (κ3) is 5.06. The van der Waals surface area contributed by atoms with Crippen molar-refractivity contribution in [1.29, 1.82) is 0 Å². The number of benzene rings is 3. The number of methoxy groups -OCH3 is 1. The predicted molar refractivity (Wildman–Crippen MR) is 125 cm³/mol. The summed E-state index contributed by atoms with van der Waals surface area (Å²) in [6.45, 7) is 1.87. The van der Waals surface area contributed by atoms with Gasteiger partial charge in [0.25, 0.3) is 0 Å². The Morgan fingerprint density at radius 1 is 0.967 bits per heavy atom. The van der Waals surface area contributed by atoms with Gasteiger partial charge in [-0.1, -0.05) is 48.2 Å². The molecule has 30 heavy (non-hydrogen) atoms. The van der Waals surface area contributed by atoms with E-state index >= 15 is 0 Å². The van der Waals surface area contributed by atoms with Crippen molar-refractivity contribution in [2.45, 2.75) is 17.1 Å². The summed E-state index contributed by atoms with van der Waals surface area (Å²) in [5.41, 5.74) is 4.30.